The second kappa shape index (κ2) is 8.65. The maximum Gasteiger partial charge on any atom is 0.314 e. The van der Waals surface area contributed by atoms with Crippen molar-refractivity contribution in [3.05, 3.63) is 11.6 Å². The van der Waals surface area contributed by atoms with E-state index in [4.69, 9.17) is 0 Å². The van der Waals surface area contributed by atoms with Crippen LogP contribution < -0.4 is 10.6 Å². The molecule has 0 saturated heterocycles. The van der Waals surface area contributed by atoms with E-state index in [0.29, 0.717) is 19.5 Å². The van der Waals surface area contributed by atoms with Crippen LogP contribution in [0.5, 0.6) is 0 Å². The fraction of sp³-hybridized carbons (Fsp3) is 0.833. The molecule has 25 heavy (non-hydrogen) atoms. The first kappa shape index (κ1) is 18.2. The zero-order chi connectivity index (χ0) is 17.5. The van der Waals surface area contributed by atoms with Crippen LogP contribution in [0.25, 0.3) is 0 Å². The average Bonchev–Trinajstić information content (AvgIpc) is 2.79. The van der Waals surface area contributed by atoms with Crippen LogP contribution in [0.3, 0.4) is 0 Å². The van der Waals surface area contributed by atoms with E-state index >= 15 is 0 Å². The van der Waals surface area contributed by atoms with Gasteiger partial charge in [0, 0.05) is 32.5 Å². The van der Waals surface area contributed by atoms with E-state index in [-0.39, 0.29) is 6.03 Å². The third-order valence-corrected chi connectivity index (χ3v) is 5.43. The van der Waals surface area contributed by atoms with E-state index in [0.717, 1.165) is 50.3 Å². The van der Waals surface area contributed by atoms with E-state index in [2.05, 4.69) is 25.4 Å². The van der Waals surface area contributed by atoms with Crippen molar-refractivity contribution in [2.24, 2.45) is 0 Å². The first-order valence-corrected chi connectivity index (χ1v) is 9.81. The van der Waals surface area contributed by atoms with Gasteiger partial charge in [-0.1, -0.05) is 32.1 Å². The Morgan fingerprint density at radius 2 is 1.80 bits per heavy atom. The van der Waals surface area contributed by atoms with E-state index in [1.165, 1.54) is 32.1 Å². The Kier molecular flexibility index (Phi) is 6.29. The summed E-state index contributed by atoms with van der Waals surface area (Å²) < 4.78 is 2.21. The van der Waals surface area contributed by atoms with Crippen LogP contribution in [0.15, 0.2) is 0 Å². The summed E-state index contributed by atoms with van der Waals surface area (Å²) in [5.74, 6) is 2.03. The van der Waals surface area contributed by atoms with Gasteiger partial charge in [-0.2, -0.15) is 0 Å². The number of rotatable bonds is 5. The monoisotopic (exact) mass is 349 g/mol. The van der Waals surface area contributed by atoms with Crippen LogP contribution in [0.2, 0.25) is 0 Å². The Hall–Kier alpha value is -1.63. The number of urea groups is 1. The molecular formula is C18H31N5O2. The predicted octanol–water partition coefficient (Wildman–Crippen LogP) is 1.93. The number of nitrogens with zero attached hydrogens (tertiary/aromatic N) is 3. The maximum absolute atomic E-state index is 12.0. The second-order valence-electron chi connectivity index (χ2n) is 7.49. The van der Waals surface area contributed by atoms with Gasteiger partial charge in [0.25, 0.3) is 0 Å². The molecule has 3 rings (SSSR count). The van der Waals surface area contributed by atoms with Gasteiger partial charge in [0.05, 0.1) is 5.60 Å². The highest BCUT2D eigenvalue weighted by molar-refractivity contribution is 5.73. The Bertz CT molecular complexity index is 564. The van der Waals surface area contributed by atoms with Gasteiger partial charge in [-0.25, -0.2) is 4.79 Å². The van der Waals surface area contributed by atoms with Gasteiger partial charge in [-0.3, -0.25) is 0 Å². The summed E-state index contributed by atoms with van der Waals surface area (Å²) >= 11 is 0. The molecule has 0 radical (unpaired) electrons. The van der Waals surface area contributed by atoms with Crippen LogP contribution in [0.4, 0.5) is 4.79 Å². The van der Waals surface area contributed by atoms with Crippen molar-refractivity contribution in [2.75, 3.05) is 13.1 Å². The standard InChI is InChI=1S/C18H31N5O2/c24-17(20-14-18(25)10-5-1-2-6-11-18)19-12-9-16-22-21-15-8-4-3-7-13-23(15)16/h25H,1-14H2,(H2,19,20,24). The van der Waals surface area contributed by atoms with Gasteiger partial charge < -0.3 is 20.3 Å². The third kappa shape index (κ3) is 5.17. The summed E-state index contributed by atoms with van der Waals surface area (Å²) in [6, 6.07) is -0.215. The molecule has 0 unspecified atom stereocenters. The fourth-order valence-electron chi connectivity index (χ4n) is 3.89. The first-order chi connectivity index (χ1) is 12.2. The lowest BCUT2D eigenvalue weighted by molar-refractivity contribution is 0.0277. The Morgan fingerprint density at radius 1 is 1.04 bits per heavy atom. The topological polar surface area (TPSA) is 92.1 Å². The van der Waals surface area contributed by atoms with Gasteiger partial charge in [-0.05, 0) is 25.7 Å². The lowest BCUT2D eigenvalue weighted by Gasteiger charge is -2.26. The molecule has 7 heteroatoms. The molecule has 1 aromatic heterocycles. The van der Waals surface area contributed by atoms with Crippen molar-refractivity contribution >= 4 is 6.03 Å². The summed E-state index contributed by atoms with van der Waals surface area (Å²) in [6.07, 6.45) is 11.3. The summed E-state index contributed by atoms with van der Waals surface area (Å²) in [6.45, 7) is 1.85. The molecule has 1 saturated carbocycles. The number of hydrogen-bond acceptors (Lipinski definition) is 4. The lowest BCUT2D eigenvalue weighted by Crippen LogP contribution is -2.46. The van der Waals surface area contributed by atoms with Crippen LogP contribution >= 0.6 is 0 Å². The van der Waals surface area contributed by atoms with Crippen molar-refractivity contribution in [3.8, 4) is 0 Å². The van der Waals surface area contributed by atoms with Crippen molar-refractivity contribution in [1.82, 2.24) is 25.4 Å². The SMILES string of the molecule is O=C(NCCc1nnc2n1CCCCC2)NCC1(O)CCCCCC1. The minimum atomic E-state index is -0.738. The Balaban J connectivity index is 1.40. The van der Waals surface area contributed by atoms with Crippen LogP contribution in [0.1, 0.15) is 69.4 Å². The molecule has 0 atom stereocenters. The van der Waals surface area contributed by atoms with Gasteiger partial charge >= 0.3 is 6.03 Å². The highest BCUT2D eigenvalue weighted by atomic mass is 16.3. The molecule has 3 N–H and O–H groups in total. The number of aryl methyl sites for hydroxylation is 1. The highest BCUT2D eigenvalue weighted by Crippen LogP contribution is 2.26. The number of hydrogen-bond donors (Lipinski definition) is 3. The summed E-state index contributed by atoms with van der Waals surface area (Å²) in [5, 5.41) is 24.8. The zero-order valence-electron chi connectivity index (χ0n) is 15.1. The van der Waals surface area contributed by atoms with Crippen molar-refractivity contribution < 1.29 is 9.90 Å². The summed E-state index contributed by atoms with van der Waals surface area (Å²) in [5.41, 5.74) is -0.738. The van der Waals surface area contributed by atoms with Gasteiger partial charge in [-0.15, -0.1) is 10.2 Å². The molecule has 0 aromatic carbocycles. The van der Waals surface area contributed by atoms with Crippen molar-refractivity contribution in [3.63, 3.8) is 0 Å². The number of aliphatic hydroxyl groups is 1. The van der Waals surface area contributed by atoms with E-state index < -0.39 is 5.60 Å². The lowest BCUT2D eigenvalue weighted by atomic mass is 9.95. The van der Waals surface area contributed by atoms with Gasteiger partial charge in [0.2, 0.25) is 0 Å². The number of carbonyl (C=O) groups excluding carboxylic acids is 1. The average molecular weight is 349 g/mol. The fourth-order valence-corrected chi connectivity index (χ4v) is 3.89. The summed E-state index contributed by atoms with van der Waals surface area (Å²) in [7, 11) is 0. The third-order valence-electron chi connectivity index (χ3n) is 5.43. The molecule has 1 aromatic rings. The van der Waals surface area contributed by atoms with Crippen LogP contribution in [-0.4, -0.2) is 44.6 Å². The normalized spacial score (nSPS) is 20.2. The molecule has 0 bridgehead atoms. The predicted molar refractivity (Wildman–Crippen MR) is 95.3 cm³/mol. The second-order valence-corrected chi connectivity index (χ2v) is 7.49. The molecule has 2 heterocycles. The van der Waals surface area contributed by atoms with E-state index in [1.807, 2.05) is 0 Å². The minimum Gasteiger partial charge on any atom is -0.388 e. The Morgan fingerprint density at radius 3 is 2.60 bits per heavy atom. The largest absolute Gasteiger partial charge is 0.388 e. The molecule has 2 amide bonds. The molecule has 1 aliphatic heterocycles. The number of amides is 2. The van der Waals surface area contributed by atoms with Crippen molar-refractivity contribution in [2.45, 2.75) is 82.8 Å². The van der Waals surface area contributed by atoms with Crippen LogP contribution in [0, 0.1) is 0 Å². The molecule has 1 fully saturated rings. The van der Waals surface area contributed by atoms with E-state index in [1.54, 1.807) is 0 Å². The number of fused-ring (bicyclic) bond motifs is 1. The number of carbonyl (C=O) groups is 1. The maximum atomic E-state index is 12.0. The molecular weight excluding hydrogens is 318 g/mol. The molecule has 7 nitrogen and oxygen atoms in total. The summed E-state index contributed by atoms with van der Waals surface area (Å²) in [4.78, 5) is 12.0. The smallest absolute Gasteiger partial charge is 0.314 e. The minimum absolute atomic E-state index is 0.215. The van der Waals surface area contributed by atoms with E-state index in [9.17, 15) is 9.90 Å². The quantitative estimate of drug-likeness (QED) is 0.708. The molecule has 1 aliphatic carbocycles. The number of aromatic nitrogens is 3. The molecule has 140 valence electrons. The van der Waals surface area contributed by atoms with Gasteiger partial charge in [0.15, 0.2) is 0 Å². The first-order valence-electron chi connectivity index (χ1n) is 9.81. The number of nitrogens with one attached hydrogen (secondary N) is 2. The van der Waals surface area contributed by atoms with Crippen LogP contribution in [-0.2, 0) is 19.4 Å². The highest BCUT2D eigenvalue weighted by Gasteiger charge is 2.28. The van der Waals surface area contributed by atoms with Crippen molar-refractivity contribution in [1.29, 1.82) is 0 Å². The van der Waals surface area contributed by atoms with Gasteiger partial charge in [0.1, 0.15) is 11.6 Å². The Labute approximate surface area is 149 Å². The zero-order valence-corrected chi connectivity index (χ0v) is 15.1. The molecule has 0 spiro atoms. The molecule has 2 aliphatic rings.